The lowest BCUT2D eigenvalue weighted by Crippen LogP contribution is -2.32. The standard InChI is InChI=1S/C13H18N2O/c1-9-4-3-5-11(8-9)15-13(16)12-6-7-14-10(12)2/h3-5,8,10,12,14H,6-7H2,1-2H3,(H,15,16). The number of hydrogen-bond donors (Lipinski definition) is 2. The summed E-state index contributed by atoms with van der Waals surface area (Å²) in [6.45, 7) is 5.02. The molecule has 86 valence electrons. The lowest BCUT2D eigenvalue weighted by atomic mass is 10.0. The predicted octanol–water partition coefficient (Wildman–Crippen LogP) is 1.93. The summed E-state index contributed by atoms with van der Waals surface area (Å²) in [6, 6.07) is 8.18. The lowest BCUT2D eigenvalue weighted by Gasteiger charge is -2.15. The van der Waals surface area contributed by atoms with E-state index in [2.05, 4.69) is 17.6 Å². The fourth-order valence-corrected chi connectivity index (χ4v) is 2.17. The SMILES string of the molecule is Cc1cccc(NC(=O)C2CCNC2C)c1. The first kappa shape index (κ1) is 11.1. The minimum Gasteiger partial charge on any atom is -0.326 e. The molecule has 16 heavy (non-hydrogen) atoms. The Bertz CT molecular complexity index is 389. The first-order valence-electron chi connectivity index (χ1n) is 5.78. The maximum atomic E-state index is 12.0. The maximum Gasteiger partial charge on any atom is 0.229 e. The second-order valence-electron chi connectivity index (χ2n) is 4.50. The summed E-state index contributed by atoms with van der Waals surface area (Å²) in [5.41, 5.74) is 2.06. The van der Waals surface area contributed by atoms with Gasteiger partial charge in [0.15, 0.2) is 0 Å². The van der Waals surface area contributed by atoms with Gasteiger partial charge in [0.25, 0.3) is 0 Å². The van der Waals surface area contributed by atoms with Gasteiger partial charge in [0.2, 0.25) is 5.91 Å². The van der Waals surface area contributed by atoms with Gasteiger partial charge in [-0.05, 0) is 44.5 Å². The number of nitrogens with one attached hydrogen (secondary N) is 2. The van der Waals surface area contributed by atoms with Crippen molar-refractivity contribution in [3.8, 4) is 0 Å². The zero-order valence-electron chi connectivity index (χ0n) is 9.79. The van der Waals surface area contributed by atoms with E-state index in [0.29, 0.717) is 0 Å². The van der Waals surface area contributed by atoms with Gasteiger partial charge in [0, 0.05) is 11.7 Å². The number of hydrogen-bond acceptors (Lipinski definition) is 2. The monoisotopic (exact) mass is 218 g/mol. The Morgan fingerprint density at radius 1 is 1.50 bits per heavy atom. The third-order valence-corrected chi connectivity index (χ3v) is 3.15. The third-order valence-electron chi connectivity index (χ3n) is 3.15. The van der Waals surface area contributed by atoms with E-state index < -0.39 is 0 Å². The molecule has 2 rings (SSSR count). The zero-order chi connectivity index (χ0) is 11.5. The van der Waals surface area contributed by atoms with Crippen LogP contribution in [0.25, 0.3) is 0 Å². The molecule has 1 aliphatic rings. The smallest absolute Gasteiger partial charge is 0.229 e. The van der Waals surface area contributed by atoms with Gasteiger partial charge in [-0.25, -0.2) is 0 Å². The maximum absolute atomic E-state index is 12.0. The van der Waals surface area contributed by atoms with E-state index in [4.69, 9.17) is 0 Å². The first-order chi connectivity index (χ1) is 7.66. The summed E-state index contributed by atoms with van der Waals surface area (Å²) in [5.74, 6) is 0.226. The van der Waals surface area contributed by atoms with Gasteiger partial charge >= 0.3 is 0 Å². The van der Waals surface area contributed by atoms with E-state index in [1.165, 1.54) is 0 Å². The number of amides is 1. The molecule has 1 aromatic rings. The van der Waals surface area contributed by atoms with Crippen LogP contribution in [0, 0.1) is 12.8 Å². The normalized spacial score (nSPS) is 24.4. The molecule has 0 aliphatic carbocycles. The molecule has 1 heterocycles. The summed E-state index contributed by atoms with van der Waals surface area (Å²) in [5, 5.41) is 6.26. The quantitative estimate of drug-likeness (QED) is 0.796. The van der Waals surface area contributed by atoms with Crippen molar-refractivity contribution < 1.29 is 4.79 Å². The van der Waals surface area contributed by atoms with Crippen LogP contribution >= 0.6 is 0 Å². The largest absolute Gasteiger partial charge is 0.326 e. The van der Waals surface area contributed by atoms with Crippen molar-refractivity contribution in [3.63, 3.8) is 0 Å². The van der Waals surface area contributed by atoms with Gasteiger partial charge in [-0.2, -0.15) is 0 Å². The van der Waals surface area contributed by atoms with Gasteiger partial charge in [0.05, 0.1) is 5.92 Å². The van der Waals surface area contributed by atoms with Crippen LogP contribution in [0.3, 0.4) is 0 Å². The number of aryl methyl sites for hydroxylation is 1. The Labute approximate surface area is 96.2 Å². The number of carbonyl (C=O) groups is 1. The van der Waals surface area contributed by atoms with Crippen LogP contribution in [0.5, 0.6) is 0 Å². The van der Waals surface area contributed by atoms with Crippen molar-refractivity contribution in [3.05, 3.63) is 29.8 Å². The molecule has 1 aromatic carbocycles. The average molecular weight is 218 g/mol. The molecule has 0 spiro atoms. The van der Waals surface area contributed by atoms with Crippen molar-refractivity contribution >= 4 is 11.6 Å². The Morgan fingerprint density at radius 2 is 2.31 bits per heavy atom. The van der Waals surface area contributed by atoms with Crippen LogP contribution in [0.1, 0.15) is 18.9 Å². The minimum absolute atomic E-state index is 0.0977. The van der Waals surface area contributed by atoms with Crippen LogP contribution in [-0.4, -0.2) is 18.5 Å². The number of anilines is 1. The van der Waals surface area contributed by atoms with Gasteiger partial charge in [0.1, 0.15) is 0 Å². The van der Waals surface area contributed by atoms with E-state index in [0.717, 1.165) is 24.2 Å². The topological polar surface area (TPSA) is 41.1 Å². The minimum atomic E-state index is 0.0977. The molecule has 1 aliphatic heterocycles. The molecule has 3 heteroatoms. The summed E-state index contributed by atoms with van der Waals surface area (Å²) in [6.07, 6.45) is 0.929. The van der Waals surface area contributed by atoms with Crippen molar-refractivity contribution in [2.24, 2.45) is 5.92 Å². The highest BCUT2D eigenvalue weighted by atomic mass is 16.1. The van der Waals surface area contributed by atoms with Crippen molar-refractivity contribution in [2.45, 2.75) is 26.3 Å². The molecular weight excluding hydrogens is 200 g/mol. The Kier molecular flexibility index (Phi) is 3.25. The Morgan fingerprint density at radius 3 is 2.94 bits per heavy atom. The van der Waals surface area contributed by atoms with Crippen LogP contribution in [-0.2, 0) is 4.79 Å². The van der Waals surface area contributed by atoms with Crippen molar-refractivity contribution in [2.75, 3.05) is 11.9 Å². The molecule has 2 unspecified atom stereocenters. The van der Waals surface area contributed by atoms with E-state index >= 15 is 0 Å². The van der Waals surface area contributed by atoms with Crippen LogP contribution in [0.15, 0.2) is 24.3 Å². The number of carbonyl (C=O) groups excluding carboxylic acids is 1. The molecular formula is C13H18N2O. The van der Waals surface area contributed by atoms with Crippen LogP contribution in [0.4, 0.5) is 5.69 Å². The molecule has 3 nitrogen and oxygen atoms in total. The molecule has 1 saturated heterocycles. The highest BCUT2D eigenvalue weighted by Crippen LogP contribution is 2.18. The third kappa shape index (κ3) is 2.42. The van der Waals surface area contributed by atoms with E-state index in [9.17, 15) is 4.79 Å². The summed E-state index contributed by atoms with van der Waals surface area (Å²) in [7, 11) is 0. The first-order valence-corrected chi connectivity index (χ1v) is 5.78. The van der Waals surface area contributed by atoms with E-state index in [-0.39, 0.29) is 17.9 Å². The number of benzene rings is 1. The lowest BCUT2D eigenvalue weighted by molar-refractivity contribution is -0.119. The molecule has 0 aromatic heterocycles. The molecule has 2 atom stereocenters. The Balaban J connectivity index is 2.02. The molecule has 1 fully saturated rings. The molecule has 1 amide bonds. The summed E-state index contributed by atoms with van der Waals surface area (Å²) >= 11 is 0. The highest BCUT2D eigenvalue weighted by molar-refractivity contribution is 5.93. The fourth-order valence-electron chi connectivity index (χ4n) is 2.17. The number of rotatable bonds is 2. The molecule has 2 N–H and O–H groups in total. The Hall–Kier alpha value is -1.35. The molecule has 0 saturated carbocycles. The van der Waals surface area contributed by atoms with E-state index in [1.54, 1.807) is 0 Å². The molecule has 0 bridgehead atoms. The second kappa shape index (κ2) is 4.66. The predicted molar refractivity (Wildman–Crippen MR) is 65.4 cm³/mol. The molecule has 0 radical (unpaired) electrons. The van der Waals surface area contributed by atoms with Gasteiger partial charge in [-0.3, -0.25) is 4.79 Å². The van der Waals surface area contributed by atoms with Gasteiger partial charge in [-0.1, -0.05) is 12.1 Å². The highest BCUT2D eigenvalue weighted by Gasteiger charge is 2.29. The van der Waals surface area contributed by atoms with Gasteiger partial charge < -0.3 is 10.6 Å². The average Bonchev–Trinajstić information content (AvgIpc) is 2.64. The zero-order valence-corrected chi connectivity index (χ0v) is 9.79. The van der Waals surface area contributed by atoms with Gasteiger partial charge in [-0.15, -0.1) is 0 Å². The second-order valence-corrected chi connectivity index (χ2v) is 4.50. The van der Waals surface area contributed by atoms with Crippen molar-refractivity contribution in [1.29, 1.82) is 0 Å². The summed E-state index contributed by atoms with van der Waals surface area (Å²) in [4.78, 5) is 12.0. The van der Waals surface area contributed by atoms with Crippen LogP contribution in [0.2, 0.25) is 0 Å². The van der Waals surface area contributed by atoms with E-state index in [1.807, 2.05) is 31.2 Å². The summed E-state index contributed by atoms with van der Waals surface area (Å²) < 4.78 is 0. The van der Waals surface area contributed by atoms with Crippen molar-refractivity contribution in [1.82, 2.24) is 5.32 Å². The fraction of sp³-hybridized carbons (Fsp3) is 0.462. The van der Waals surface area contributed by atoms with Crippen LogP contribution < -0.4 is 10.6 Å².